The van der Waals surface area contributed by atoms with E-state index in [0.29, 0.717) is 17.8 Å². The zero-order valence-corrected chi connectivity index (χ0v) is 16.4. The molecule has 2 nitrogen and oxygen atoms in total. The third kappa shape index (κ3) is 5.31. The van der Waals surface area contributed by atoms with Crippen molar-refractivity contribution >= 4 is 0 Å². The van der Waals surface area contributed by atoms with Gasteiger partial charge in [-0.15, -0.1) is 0 Å². The summed E-state index contributed by atoms with van der Waals surface area (Å²) in [5.74, 6) is 2.68. The molecule has 1 atom stereocenters. The highest BCUT2D eigenvalue weighted by molar-refractivity contribution is 5.24. The minimum absolute atomic E-state index is 0.0634. The van der Waals surface area contributed by atoms with Crippen molar-refractivity contribution in [3.8, 4) is 0 Å². The summed E-state index contributed by atoms with van der Waals surface area (Å²) >= 11 is 0. The van der Waals surface area contributed by atoms with E-state index in [1.807, 2.05) is 0 Å². The molecule has 140 valence electrons. The van der Waals surface area contributed by atoms with Crippen LogP contribution in [0.3, 0.4) is 0 Å². The lowest BCUT2D eigenvalue weighted by atomic mass is 9.79. The maximum atomic E-state index is 6.16. The van der Waals surface area contributed by atoms with E-state index in [0.717, 1.165) is 25.6 Å². The highest BCUT2D eigenvalue weighted by atomic mass is 16.7. The van der Waals surface area contributed by atoms with Crippen molar-refractivity contribution in [2.75, 3.05) is 13.2 Å². The van der Waals surface area contributed by atoms with Crippen molar-refractivity contribution < 1.29 is 9.47 Å². The summed E-state index contributed by atoms with van der Waals surface area (Å²) in [5, 5.41) is 0. The van der Waals surface area contributed by atoms with Gasteiger partial charge in [-0.05, 0) is 56.4 Å². The number of hydrogen-bond donors (Lipinski definition) is 0. The highest BCUT2D eigenvalue weighted by Crippen LogP contribution is 2.36. The smallest absolute Gasteiger partial charge is 0.160 e. The average Bonchev–Trinajstić information content (AvgIpc) is 2.64. The van der Waals surface area contributed by atoms with Gasteiger partial charge in [0.1, 0.15) is 0 Å². The fourth-order valence-electron chi connectivity index (χ4n) is 4.65. The molecule has 1 heterocycles. The van der Waals surface area contributed by atoms with E-state index in [-0.39, 0.29) is 6.29 Å². The van der Waals surface area contributed by atoms with Gasteiger partial charge in [0.25, 0.3) is 0 Å². The zero-order valence-electron chi connectivity index (χ0n) is 16.4. The van der Waals surface area contributed by atoms with Crippen molar-refractivity contribution in [1.82, 2.24) is 0 Å². The SMILES string of the molecule is CCCC1CCC(C2OCC(C[C@@H](C)c3ccc(C)cc3)CO2)CC1. The van der Waals surface area contributed by atoms with Crippen LogP contribution in [0.1, 0.15) is 75.8 Å². The van der Waals surface area contributed by atoms with E-state index in [1.165, 1.54) is 49.7 Å². The maximum absolute atomic E-state index is 6.16. The Morgan fingerprint density at radius 3 is 2.20 bits per heavy atom. The third-order valence-corrected chi connectivity index (χ3v) is 6.30. The van der Waals surface area contributed by atoms with Gasteiger partial charge in [-0.25, -0.2) is 0 Å². The van der Waals surface area contributed by atoms with Crippen LogP contribution < -0.4 is 0 Å². The molecule has 2 aliphatic rings. The minimum Gasteiger partial charge on any atom is -0.352 e. The van der Waals surface area contributed by atoms with Crippen LogP contribution in [-0.2, 0) is 9.47 Å². The van der Waals surface area contributed by atoms with Gasteiger partial charge in [0.15, 0.2) is 6.29 Å². The van der Waals surface area contributed by atoms with Crippen LogP contribution >= 0.6 is 0 Å². The summed E-state index contributed by atoms with van der Waals surface area (Å²) in [5.41, 5.74) is 2.76. The van der Waals surface area contributed by atoms with Crippen LogP contribution in [0.4, 0.5) is 0 Å². The fourth-order valence-corrected chi connectivity index (χ4v) is 4.65. The van der Waals surface area contributed by atoms with Gasteiger partial charge < -0.3 is 9.47 Å². The van der Waals surface area contributed by atoms with E-state index in [9.17, 15) is 0 Å². The lowest BCUT2D eigenvalue weighted by molar-refractivity contribution is -0.230. The molecule has 0 spiro atoms. The summed E-state index contributed by atoms with van der Waals surface area (Å²) in [6, 6.07) is 8.96. The largest absolute Gasteiger partial charge is 0.352 e. The first-order valence-corrected chi connectivity index (χ1v) is 10.5. The van der Waals surface area contributed by atoms with E-state index in [4.69, 9.17) is 9.47 Å². The quantitative estimate of drug-likeness (QED) is 0.622. The summed E-state index contributed by atoms with van der Waals surface area (Å²) in [7, 11) is 0. The predicted octanol–water partition coefficient (Wildman–Crippen LogP) is 6.08. The Hall–Kier alpha value is -0.860. The van der Waals surface area contributed by atoms with Crippen LogP contribution in [0, 0.1) is 24.7 Å². The zero-order chi connectivity index (χ0) is 17.6. The molecule has 0 N–H and O–H groups in total. The van der Waals surface area contributed by atoms with Crippen LogP contribution in [0.5, 0.6) is 0 Å². The number of benzene rings is 1. The summed E-state index contributed by atoms with van der Waals surface area (Å²) < 4.78 is 12.3. The molecule has 0 radical (unpaired) electrons. The van der Waals surface area contributed by atoms with Crippen molar-refractivity contribution in [3.05, 3.63) is 35.4 Å². The second-order valence-electron chi connectivity index (χ2n) is 8.52. The van der Waals surface area contributed by atoms with Gasteiger partial charge in [-0.1, -0.05) is 56.5 Å². The molecule has 1 saturated carbocycles. The first kappa shape index (κ1) is 18.9. The normalized spacial score (nSPS) is 31.6. The molecule has 25 heavy (non-hydrogen) atoms. The third-order valence-electron chi connectivity index (χ3n) is 6.30. The summed E-state index contributed by atoms with van der Waals surface area (Å²) in [6.45, 7) is 8.52. The van der Waals surface area contributed by atoms with Gasteiger partial charge >= 0.3 is 0 Å². The number of aryl methyl sites for hydroxylation is 1. The van der Waals surface area contributed by atoms with Gasteiger partial charge in [0.05, 0.1) is 13.2 Å². The molecule has 2 heteroatoms. The highest BCUT2D eigenvalue weighted by Gasteiger charge is 2.32. The lowest BCUT2D eigenvalue weighted by Crippen LogP contribution is -2.38. The molecule has 0 amide bonds. The molecular formula is C23H36O2. The fraction of sp³-hybridized carbons (Fsp3) is 0.739. The Labute approximate surface area is 154 Å². The van der Waals surface area contributed by atoms with Gasteiger partial charge in [-0.3, -0.25) is 0 Å². The van der Waals surface area contributed by atoms with Crippen LogP contribution in [0.15, 0.2) is 24.3 Å². The summed E-state index contributed by atoms with van der Waals surface area (Å²) in [4.78, 5) is 0. The standard InChI is InChI=1S/C23H36O2/c1-4-5-19-8-12-22(13-9-19)23-24-15-20(16-25-23)14-18(3)21-10-6-17(2)7-11-21/h6-7,10-11,18-20,22-23H,4-5,8-9,12-16H2,1-3H3/t18-,19?,20?,22?,23?/m1/s1. The molecule has 1 aromatic rings. The van der Waals surface area contributed by atoms with E-state index in [1.54, 1.807) is 0 Å². The Morgan fingerprint density at radius 1 is 0.960 bits per heavy atom. The van der Waals surface area contributed by atoms with E-state index >= 15 is 0 Å². The molecular weight excluding hydrogens is 308 g/mol. The first-order chi connectivity index (χ1) is 12.2. The summed E-state index contributed by atoms with van der Waals surface area (Å²) in [6.07, 6.45) is 9.27. The lowest BCUT2D eigenvalue weighted by Gasteiger charge is -2.38. The molecule has 1 aliphatic heterocycles. The van der Waals surface area contributed by atoms with Gasteiger partial charge in [0.2, 0.25) is 0 Å². The Bertz CT molecular complexity index is 493. The van der Waals surface area contributed by atoms with Crippen LogP contribution in [0.2, 0.25) is 0 Å². The first-order valence-electron chi connectivity index (χ1n) is 10.5. The van der Waals surface area contributed by atoms with E-state index in [2.05, 4.69) is 45.0 Å². The topological polar surface area (TPSA) is 18.5 Å². The van der Waals surface area contributed by atoms with Crippen LogP contribution in [0.25, 0.3) is 0 Å². The van der Waals surface area contributed by atoms with E-state index < -0.39 is 0 Å². The number of rotatable bonds is 6. The second kappa shape index (κ2) is 9.19. The number of hydrogen-bond acceptors (Lipinski definition) is 2. The Morgan fingerprint density at radius 2 is 1.60 bits per heavy atom. The number of ether oxygens (including phenoxy) is 2. The predicted molar refractivity (Wildman–Crippen MR) is 104 cm³/mol. The molecule has 1 saturated heterocycles. The second-order valence-corrected chi connectivity index (χ2v) is 8.52. The average molecular weight is 345 g/mol. The van der Waals surface area contributed by atoms with Gasteiger partial charge in [-0.2, -0.15) is 0 Å². The molecule has 3 rings (SSSR count). The molecule has 2 fully saturated rings. The maximum Gasteiger partial charge on any atom is 0.160 e. The van der Waals surface area contributed by atoms with Crippen molar-refractivity contribution in [2.24, 2.45) is 17.8 Å². The van der Waals surface area contributed by atoms with Crippen molar-refractivity contribution in [2.45, 2.75) is 77.9 Å². The molecule has 1 aliphatic carbocycles. The molecule has 0 aromatic heterocycles. The Kier molecular flexibility index (Phi) is 6.95. The Balaban J connectivity index is 1.41. The van der Waals surface area contributed by atoms with Crippen molar-refractivity contribution in [1.29, 1.82) is 0 Å². The van der Waals surface area contributed by atoms with Crippen molar-refractivity contribution in [3.63, 3.8) is 0 Å². The molecule has 0 unspecified atom stereocenters. The van der Waals surface area contributed by atoms with Crippen LogP contribution in [-0.4, -0.2) is 19.5 Å². The van der Waals surface area contributed by atoms with Gasteiger partial charge in [0, 0.05) is 11.8 Å². The minimum atomic E-state index is 0.0634. The molecule has 0 bridgehead atoms. The monoisotopic (exact) mass is 344 g/mol. The molecule has 1 aromatic carbocycles.